The highest BCUT2D eigenvalue weighted by Gasteiger charge is 2.42. The number of unbranched alkanes of at least 4 members (excludes halogenated alkanes) is 1. The van der Waals surface area contributed by atoms with Crippen LogP contribution >= 0.6 is 11.8 Å². The summed E-state index contributed by atoms with van der Waals surface area (Å²) in [5.74, 6) is -3.48. The monoisotopic (exact) mass is 980 g/mol. The third-order valence-electron chi connectivity index (χ3n) is 10.7. The van der Waals surface area contributed by atoms with E-state index in [-0.39, 0.29) is 43.4 Å². The molecular weight excluding hydrogens is 913 g/mol. The predicted molar refractivity (Wildman–Crippen MR) is 244 cm³/mol. The summed E-state index contributed by atoms with van der Waals surface area (Å²) in [4.78, 5) is 111. The third kappa shape index (κ3) is 22.4. The maximum Gasteiger partial charge on any atom is 0.315 e. The van der Waals surface area contributed by atoms with Gasteiger partial charge >= 0.3 is 6.03 Å². The summed E-state index contributed by atoms with van der Waals surface area (Å²) < 4.78 is 18.3. The van der Waals surface area contributed by atoms with Gasteiger partial charge in [-0.05, 0) is 44.9 Å². The van der Waals surface area contributed by atoms with Crippen molar-refractivity contribution in [2.45, 2.75) is 100 Å². The van der Waals surface area contributed by atoms with Crippen LogP contribution in [0.5, 0.6) is 0 Å². The number of carbonyl (C=O) groups is 9. The zero-order chi connectivity index (χ0) is 48.9. The van der Waals surface area contributed by atoms with Crippen LogP contribution in [0.15, 0.2) is 6.20 Å². The fourth-order valence-corrected chi connectivity index (χ4v) is 8.62. The average molecular weight is 981 g/mol. The van der Waals surface area contributed by atoms with Gasteiger partial charge in [0.1, 0.15) is 6.04 Å². The fraction of sp³-hybridized carbons (Fsp3) is 0.732. The number of hydrogen-bond acceptors (Lipinski definition) is 16. The van der Waals surface area contributed by atoms with E-state index in [9.17, 15) is 43.2 Å². The van der Waals surface area contributed by atoms with E-state index in [4.69, 9.17) is 19.9 Å². The lowest BCUT2D eigenvalue weighted by Gasteiger charge is -2.19. The molecule has 68 heavy (non-hydrogen) atoms. The number of thioether (sulfide) groups is 1. The highest BCUT2D eigenvalue weighted by Crippen LogP contribution is 2.33. The van der Waals surface area contributed by atoms with Crippen LogP contribution in [0, 0.1) is 0 Å². The van der Waals surface area contributed by atoms with Gasteiger partial charge in [-0.2, -0.15) is 11.8 Å². The third-order valence-corrected chi connectivity index (χ3v) is 12.2. The van der Waals surface area contributed by atoms with E-state index in [1.165, 1.54) is 0 Å². The van der Waals surface area contributed by atoms with Crippen LogP contribution in [0.4, 0.5) is 4.79 Å². The summed E-state index contributed by atoms with van der Waals surface area (Å²) in [6.07, 6.45) is 7.35. The van der Waals surface area contributed by atoms with Crippen LogP contribution in [0.25, 0.3) is 0 Å². The van der Waals surface area contributed by atoms with Crippen LogP contribution in [-0.2, 0) is 65.5 Å². The molecule has 2 unspecified atom stereocenters. The van der Waals surface area contributed by atoms with Gasteiger partial charge < -0.3 is 73.1 Å². The van der Waals surface area contributed by atoms with E-state index in [1.54, 1.807) is 10.9 Å². The average Bonchev–Trinajstić information content (AvgIpc) is 4.04. The Labute approximate surface area is 398 Å². The SMILES string of the molecule is N[C@H]1Cc2cn(nn2)CCCC[C@@H](C(=O)NCCCOCCOCCOCCCNC(=O)CCCC[C@H]2SCC3NC(=O)NC32)NC(=O)CNC(=O)CNC(=O)CNC(=O)CNC(=O)CNC1=O. The van der Waals surface area contributed by atoms with Crippen molar-refractivity contribution < 1.29 is 57.4 Å². The molecule has 0 radical (unpaired) electrons. The molecule has 1 aromatic heterocycles. The van der Waals surface area contributed by atoms with Crippen molar-refractivity contribution in [2.24, 2.45) is 5.73 Å². The molecule has 4 rings (SSSR count). The van der Waals surface area contributed by atoms with Crippen LogP contribution in [0.3, 0.4) is 0 Å². The zero-order valence-electron chi connectivity index (χ0n) is 38.4. The topological polar surface area (TPSA) is 358 Å². The molecule has 1 aromatic rings. The van der Waals surface area contributed by atoms with E-state index in [0.717, 1.165) is 25.0 Å². The summed E-state index contributed by atoms with van der Waals surface area (Å²) in [5.41, 5.74) is 6.43. The number of carbonyl (C=O) groups excluding carboxylic acids is 9. The predicted octanol–water partition coefficient (Wildman–Crippen LogP) is -4.81. The summed E-state index contributed by atoms with van der Waals surface area (Å²) in [5, 5.41) is 34.5. The van der Waals surface area contributed by atoms with Gasteiger partial charge in [-0.1, -0.05) is 11.6 Å². The second-order valence-electron chi connectivity index (χ2n) is 16.3. The molecule has 0 spiro atoms. The minimum Gasteiger partial charge on any atom is -0.379 e. The number of hydrogen-bond donors (Lipinski definition) is 11. The quantitative estimate of drug-likeness (QED) is 0.0431. The number of fused-ring (bicyclic) bond motifs is 3. The van der Waals surface area contributed by atoms with Crippen molar-refractivity contribution in [1.29, 1.82) is 0 Å². The van der Waals surface area contributed by atoms with Gasteiger partial charge in [-0.3, -0.25) is 43.0 Å². The van der Waals surface area contributed by atoms with Gasteiger partial charge in [-0.25, -0.2) is 4.79 Å². The summed E-state index contributed by atoms with van der Waals surface area (Å²) in [6.45, 7) is 1.17. The van der Waals surface area contributed by atoms with Crippen LogP contribution < -0.4 is 58.9 Å². The van der Waals surface area contributed by atoms with Gasteiger partial charge in [0, 0.05) is 62.9 Å². The van der Waals surface area contributed by atoms with E-state index < -0.39 is 86.2 Å². The normalized spacial score (nSPS) is 22.7. The molecule has 2 bridgehead atoms. The molecule has 2 fully saturated rings. The van der Waals surface area contributed by atoms with Crippen LogP contribution in [0.2, 0.25) is 0 Å². The zero-order valence-corrected chi connectivity index (χ0v) is 39.2. The van der Waals surface area contributed by atoms with Gasteiger partial charge in [0.15, 0.2) is 0 Å². The number of nitrogens with one attached hydrogen (secondary N) is 10. The smallest absolute Gasteiger partial charge is 0.315 e. The van der Waals surface area contributed by atoms with Crippen molar-refractivity contribution in [3.05, 3.63) is 11.9 Å². The second-order valence-corrected chi connectivity index (χ2v) is 17.5. The molecule has 0 aromatic carbocycles. The largest absolute Gasteiger partial charge is 0.379 e. The maximum absolute atomic E-state index is 13.2. The summed E-state index contributed by atoms with van der Waals surface area (Å²) in [7, 11) is 0. The van der Waals surface area contributed by atoms with Gasteiger partial charge in [0.05, 0.1) is 83.0 Å². The minimum absolute atomic E-state index is 0.0289. The Morgan fingerprint density at radius 3 is 1.94 bits per heavy atom. The molecule has 2 saturated heterocycles. The molecule has 380 valence electrons. The van der Waals surface area contributed by atoms with Crippen molar-refractivity contribution in [1.82, 2.24) is 68.2 Å². The molecular formula is C41H68N14O12S. The highest BCUT2D eigenvalue weighted by atomic mass is 32.2. The number of aryl methyl sites for hydroxylation is 1. The molecule has 27 heteroatoms. The number of nitrogens with two attached hydrogens (primary N) is 1. The van der Waals surface area contributed by atoms with Crippen molar-refractivity contribution >= 4 is 65.1 Å². The summed E-state index contributed by atoms with van der Waals surface area (Å²) >= 11 is 1.88. The van der Waals surface area contributed by atoms with Crippen LogP contribution in [0.1, 0.15) is 63.5 Å². The Morgan fingerprint density at radius 1 is 0.706 bits per heavy atom. The van der Waals surface area contributed by atoms with Crippen molar-refractivity contribution in [3.8, 4) is 0 Å². The molecule has 3 aliphatic heterocycles. The Bertz CT molecular complexity index is 1830. The number of urea groups is 1. The number of nitrogens with zero attached hydrogens (tertiary/aromatic N) is 3. The molecule has 4 heterocycles. The Hall–Kier alpha value is -5.64. The number of amides is 10. The van der Waals surface area contributed by atoms with E-state index in [1.807, 2.05) is 11.8 Å². The first kappa shape index (κ1) is 55.0. The number of rotatable bonds is 20. The Kier molecular flexibility index (Phi) is 25.4. The highest BCUT2D eigenvalue weighted by molar-refractivity contribution is 8.00. The first-order valence-corrected chi connectivity index (χ1v) is 24.2. The minimum atomic E-state index is -1.04. The lowest BCUT2D eigenvalue weighted by atomic mass is 10.0. The molecule has 0 aliphatic carbocycles. The fourth-order valence-electron chi connectivity index (χ4n) is 7.08. The Morgan fingerprint density at radius 2 is 1.29 bits per heavy atom. The van der Waals surface area contributed by atoms with E-state index in [2.05, 4.69) is 63.5 Å². The molecule has 0 saturated carbocycles. The Balaban J connectivity index is 1.05. The lowest BCUT2D eigenvalue weighted by molar-refractivity contribution is -0.130. The second kappa shape index (κ2) is 31.4. The van der Waals surface area contributed by atoms with Crippen molar-refractivity contribution in [3.63, 3.8) is 0 Å². The molecule has 12 N–H and O–H groups in total. The molecule has 10 amide bonds. The molecule has 5 atom stereocenters. The van der Waals surface area contributed by atoms with Crippen LogP contribution in [-0.4, -0.2) is 189 Å². The van der Waals surface area contributed by atoms with Crippen molar-refractivity contribution in [2.75, 3.05) is 91.2 Å². The molecule has 26 nitrogen and oxygen atoms in total. The lowest BCUT2D eigenvalue weighted by Crippen LogP contribution is -2.50. The number of ether oxygens (including phenoxy) is 3. The summed E-state index contributed by atoms with van der Waals surface area (Å²) in [6, 6.07) is -1.65. The first-order chi connectivity index (χ1) is 32.9. The van der Waals surface area contributed by atoms with Gasteiger partial charge in [0.2, 0.25) is 47.3 Å². The first-order valence-electron chi connectivity index (χ1n) is 23.1. The van der Waals surface area contributed by atoms with E-state index in [0.29, 0.717) is 95.8 Å². The standard InChI is InChI=1S/C41H68N14O12S/c42-28-19-27-25-55(54-53-27)12-4-3-7-29(50-37(61)24-48-35(59)22-46-33(57)20-45-34(58)21-47-36(60)23-49-39(28)62)40(63)44-11-6-14-66-16-18-67-17-15-65-13-5-10-43-32(56)9-2-1-8-31-38-30(26-68-31)51-41(64)52-38/h25,28-31,38H,1-24,26,42H2,(H,43,56)(H,44,63)(H,45,58)(H,46,57)(H,47,60)(H,48,59)(H,49,62)(H,50,61)(H2,51,52,64)/t28-,29-,30?,31+,38?/m0/s1. The van der Waals surface area contributed by atoms with Gasteiger partial charge in [-0.15, -0.1) is 5.10 Å². The van der Waals surface area contributed by atoms with E-state index >= 15 is 0 Å². The van der Waals surface area contributed by atoms with Gasteiger partial charge in [0.25, 0.3) is 0 Å². The maximum atomic E-state index is 13.2. The number of aromatic nitrogens is 3. The molecule has 3 aliphatic rings.